The van der Waals surface area contributed by atoms with Crippen LogP contribution in [0.15, 0.2) is 12.2 Å². The molecule has 0 saturated heterocycles. The number of hydrogen-bond donors (Lipinski definition) is 3. The quantitative estimate of drug-likeness (QED) is 0.0244. The molecule has 0 saturated carbocycles. The van der Waals surface area contributed by atoms with Crippen LogP contribution in [0.4, 0.5) is 0 Å². The van der Waals surface area contributed by atoms with Crippen LogP contribution in [0.3, 0.4) is 0 Å². The predicted octanol–water partition coefficient (Wildman–Crippen LogP) is 11.4. The molecule has 0 aliphatic carbocycles. The maximum Gasteiger partial charge on any atom is 0.472 e. The molecule has 0 aliphatic heterocycles. The van der Waals surface area contributed by atoms with E-state index in [0.717, 1.165) is 38.5 Å². The second-order valence-electron chi connectivity index (χ2n) is 14.3. The average molecular weight is 746 g/mol. The molecule has 0 bridgehead atoms. The Morgan fingerprint density at radius 3 is 1.47 bits per heavy atom. The first-order valence-electron chi connectivity index (χ1n) is 21.2. The van der Waals surface area contributed by atoms with Crippen molar-refractivity contribution in [2.24, 2.45) is 0 Å². The summed E-state index contributed by atoms with van der Waals surface area (Å²) in [5, 5.41) is 12.7. The molecule has 0 aliphatic rings. The molecular weight excluding hydrogens is 665 g/mol. The molecule has 2 unspecified atom stereocenters. The first-order chi connectivity index (χ1) is 24.8. The molecule has 9 nitrogen and oxygen atoms in total. The number of aliphatic hydroxyl groups excluding tert-OH is 1. The highest BCUT2D eigenvalue weighted by atomic mass is 31.2. The SMILES string of the molecule is CCCCCCCC/C=C\CCCCCCCCCC(=O)OCC(O)COP(=O)(O)OCCNC(=O)CCCCCCCCCCCCCCC. The summed E-state index contributed by atoms with van der Waals surface area (Å²) in [6, 6.07) is 0. The standard InChI is InChI=1S/C41H80NO8P/c1-3-5-7-9-11-13-15-17-18-19-20-22-24-26-28-30-32-34-41(45)48-37-39(43)38-50-51(46,47)49-36-35-42-40(44)33-31-29-27-25-23-21-16-14-12-10-8-6-4-2/h17-18,39,43H,3-16,19-38H2,1-2H3,(H,42,44)(H,46,47)/b18-17-. The van der Waals surface area contributed by atoms with Gasteiger partial charge in [0, 0.05) is 19.4 Å². The number of phosphoric acid groups is 1. The second kappa shape index (κ2) is 38.5. The number of carbonyl (C=O) groups excluding carboxylic acids is 2. The molecule has 1 amide bonds. The van der Waals surface area contributed by atoms with Crippen molar-refractivity contribution in [3.63, 3.8) is 0 Å². The second-order valence-corrected chi connectivity index (χ2v) is 15.8. The van der Waals surface area contributed by atoms with Crippen LogP contribution >= 0.6 is 7.82 Å². The van der Waals surface area contributed by atoms with Crippen LogP contribution in [0.1, 0.15) is 206 Å². The van der Waals surface area contributed by atoms with E-state index >= 15 is 0 Å². The number of allylic oxidation sites excluding steroid dienone is 2. The summed E-state index contributed by atoms with van der Waals surface area (Å²) >= 11 is 0. The molecule has 0 heterocycles. The Bertz CT molecular complexity index is 856. The maximum absolute atomic E-state index is 12.1. The van der Waals surface area contributed by atoms with Crippen molar-refractivity contribution in [2.45, 2.75) is 213 Å². The molecule has 0 aromatic heterocycles. The van der Waals surface area contributed by atoms with Crippen LogP contribution in [-0.4, -0.2) is 54.3 Å². The smallest absolute Gasteiger partial charge is 0.463 e. The summed E-state index contributed by atoms with van der Waals surface area (Å²) in [6.45, 7) is 3.56. The highest BCUT2D eigenvalue weighted by molar-refractivity contribution is 7.47. The van der Waals surface area contributed by atoms with E-state index < -0.39 is 26.5 Å². The van der Waals surface area contributed by atoms with E-state index in [9.17, 15) is 24.2 Å². The van der Waals surface area contributed by atoms with E-state index in [2.05, 4.69) is 31.3 Å². The fourth-order valence-electron chi connectivity index (χ4n) is 5.96. The average Bonchev–Trinajstić information content (AvgIpc) is 3.11. The van der Waals surface area contributed by atoms with E-state index in [1.165, 1.54) is 141 Å². The summed E-state index contributed by atoms with van der Waals surface area (Å²) in [7, 11) is -4.41. The maximum atomic E-state index is 12.1. The number of esters is 1. The fraction of sp³-hybridized carbons (Fsp3) is 0.902. The Balaban J connectivity index is 3.58. The number of hydrogen-bond acceptors (Lipinski definition) is 7. The molecule has 302 valence electrons. The van der Waals surface area contributed by atoms with Crippen LogP contribution in [0, 0.1) is 0 Å². The molecule has 0 radical (unpaired) electrons. The van der Waals surface area contributed by atoms with E-state index in [0.29, 0.717) is 6.42 Å². The van der Waals surface area contributed by atoms with Gasteiger partial charge in [-0.1, -0.05) is 167 Å². The van der Waals surface area contributed by atoms with Gasteiger partial charge < -0.3 is 20.1 Å². The zero-order chi connectivity index (χ0) is 37.5. The molecule has 2 atom stereocenters. The van der Waals surface area contributed by atoms with Gasteiger partial charge in [0.05, 0.1) is 13.2 Å². The molecule has 0 aromatic rings. The molecule has 0 spiro atoms. The summed E-state index contributed by atoms with van der Waals surface area (Å²) in [5.74, 6) is -0.514. The van der Waals surface area contributed by atoms with E-state index in [-0.39, 0.29) is 32.1 Å². The Labute approximate surface area is 313 Å². The number of carbonyl (C=O) groups is 2. The van der Waals surface area contributed by atoms with E-state index in [1.807, 2.05) is 0 Å². The van der Waals surface area contributed by atoms with Gasteiger partial charge in [0.1, 0.15) is 12.7 Å². The Hall–Kier alpha value is -1.25. The summed E-state index contributed by atoms with van der Waals surface area (Å²) < 4.78 is 26.8. The summed E-state index contributed by atoms with van der Waals surface area (Å²) in [5.41, 5.74) is 0. The summed E-state index contributed by atoms with van der Waals surface area (Å²) in [4.78, 5) is 33.8. The van der Waals surface area contributed by atoms with E-state index in [4.69, 9.17) is 13.8 Å². The number of phosphoric ester groups is 1. The lowest BCUT2D eigenvalue weighted by Gasteiger charge is -2.15. The van der Waals surface area contributed by atoms with Gasteiger partial charge in [0.15, 0.2) is 0 Å². The van der Waals surface area contributed by atoms with Crippen LogP contribution in [0.5, 0.6) is 0 Å². The largest absolute Gasteiger partial charge is 0.472 e. The highest BCUT2D eigenvalue weighted by Crippen LogP contribution is 2.42. The van der Waals surface area contributed by atoms with Crippen LogP contribution < -0.4 is 5.32 Å². The van der Waals surface area contributed by atoms with Crippen molar-refractivity contribution in [1.82, 2.24) is 5.32 Å². The van der Waals surface area contributed by atoms with Crippen LogP contribution in [-0.2, 0) is 27.9 Å². The normalized spacial score (nSPS) is 13.4. The Morgan fingerprint density at radius 1 is 0.588 bits per heavy atom. The number of rotatable bonds is 40. The number of amides is 1. The Kier molecular flexibility index (Phi) is 37.5. The third-order valence-electron chi connectivity index (χ3n) is 9.20. The zero-order valence-electron chi connectivity index (χ0n) is 33.1. The lowest BCUT2D eigenvalue weighted by molar-refractivity contribution is -0.147. The van der Waals surface area contributed by atoms with E-state index in [1.54, 1.807) is 0 Å². The van der Waals surface area contributed by atoms with Crippen LogP contribution in [0.25, 0.3) is 0 Å². The van der Waals surface area contributed by atoms with Gasteiger partial charge in [-0.2, -0.15) is 0 Å². The van der Waals surface area contributed by atoms with Gasteiger partial charge in [-0.3, -0.25) is 18.6 Å². The minimum Gasteiger partial charge on any atom is -0.463 e. The molecule has 51 heavy (non-hydrogen) atoms. The van der Waals surface area contributed by atoms with Crippen molar-refractivity contribution in [3.05, 3.63) is 12.2 Å². The Morgan fingerprint density at radius 2 is 1.00 bits per heavy atom. The minimum absolute atomic E-state index is 0.0857. The number of ether oxygens (including phenoxy) is 1. The predicted molar refractivity (Wildman–Crippen MR) is 211 cm³/mol. The topological polar surface area (TPSA) is 131 Å². The van der Waals surface area contributed by atoms with Gasteiger partial charge in [-0.05, 0) is 38.5 Å². The molecule has 3 N–H and O–H groups in total. The first-order valence-corrected chi connectivity index (χ1v) is 22.7. The van der Waals surface area contributed by atoms with Crippen molar-refractivity contribution >= 4 is 19.7 Å². The van der Waals surface area contributed by atoms with Crippen molar-refractivity contribution < 1.29 is 37.9 Å². The molecular formula is C41H80NO8P. The minimum atomic E-state index is -4.41. The number of aliphatic hydroxyl groups is 1. The van der Waals surface area contributed by atoms with Crippen molar-refractivity contribution in [1.29, 1.82) is 0 Å². The molecule has 0 fully saturated rings. The van der Waals surface area contributed by atoms with Crippen molar-refractivity contribution in [3.8, 4) is 0 Å². The van der Waals surface area contributed by atoms with Crippen LogP contribution in [0.2, 0.25) is 0 Å². The van der Waals surface area contributed by atoms with Gasteiger partial charge in [0.2, 0.25) is 5.91 Å². The lowest BCUT2D eigenvalue weighted by Crippen LogP contribution is -2.27. The fourth-order valence-corrected chi connectivity index (χ4v) is 6.72. The zero-order valence-corrected chi connectivity index (χ0v) is 34.0. The molecule has 0 rings (SSSR count). The highest BCUT2D eigenvalue weighted by Gasteiger charge is 2.23. The van der Waals surface area contributed by atoms with Gasteiger partial charge in [0.25, 0.3) is 0 Å². The van der Waals surface area contributed by atoms with Crippen molar-refractivity contribution in [2.75, 3.05) is 26.4 Å². The summed E-state index contributed by atoms with van der Waals surface area (Å²) in [6.07, 6.45) is 38.5. The monoisotopic (exact) mass is 746 g/mol. The number of nitrogens with one attached hydrogen (secondary N) is 1. The van der Waals surface area contributed by atoms with Gasteiger partial charge >= 0.3 is 13.8 Å². The van der Waals surface area contributed by atoms with Gasteiger partial charge in [-0.25, -0.2) is 4.57 Å². The lowest BCUT2D eigenvalue weighted by atomic mass is 10.0. The third kappa shape index (κ3) is 39.8. The third-order valence-corrected chi connectivity index (χ3v) is 10.2. The molecule has 10 heteroatoms. The van der Waals surface area contributed by atoms with Gasteiger partial charge in [-0.15, -0.1) is 0 Å². The first kappa shape index (κ1) is 49.8. The molecule has 0 aromatic carbocycles. The number of unbranched alkanes of at least 4 members (excludes halogenated alkanes) is 25.